The van der Waals surface area contributed by atoms with Crippen molar-refractivity contribution in [3.8, 4) is 0 Å². The molecule has 13 nitrogen and oxygen atoms in total. The van der Waals surface area contributed by atoms with E-state index in [1.807, 2.05) is 0 Å². The van der Waals surface area contributed by atoms with E-state index in [-0.39, 0.29) is 10.3 Å². The number of rotatable bonds is 5. The van der Waals surface area contributed by atoms with Crippen LogP contribution in [0.4, 0.5) is 17.1 Å². The summed E-state index contributed by atoms with van der Waals surface area (Å²) in [4.78, 5) is 57.6. The van der Waals surface area contributed by atoms with Crippen molar-refractivity contribution in [2.45, 2.75) is 0 Å². The highest BCUT2D eigenvalue weighted by Crippen LogP contribution is 2.16. The molecule has 0 aliphatic carbocycles. The molecule has 0 aliphatic heterocycles. The number of benzene rings is 1. The minimum Gasteiger partial charge on any atom is -0.328 e. The molecular weight excluding hydrogens is 344 g/mol. The number of non-ortho nitro benzene ring substituents is 1. The molecule has 0 atom stereocenters. The number of nitro groups is 3. The van der Waals surface area contributed by atoms with Gasteiger partial charge in [-0.05, 0) is 6.07 Å². The lowest BCUT2D eigenvalue weighted by atomic mass is 10.2. The number of nitrogens with zero attached hydrogens (tertiary/aromatic N) is 4. The van der Waals surface area contributed by atoms with Crippen LogP contribution in [0, 0.1) is 30.3 Å². The maximum atomic E-state index is 12.0. The smallest absolute Gasteiger partial charge is 0.328 e. The fraction of sp³-hybridized carbons (Fsp3) is 0. The molecule has 1 aromatic heterocycles. The summed E-state index contributed by atoms with van der Waals surface area (Å²) in [6, 6.07) is 4.67. The normalized spacial score (nSPS) is 10.1. The van der Waals surface area contributed by atoms with E-state index in [1.165, 1.54) is 6.07 Å². The Hall–Kier alpha value is -4.16. The zero-order valence-electron chi connectivity index (χ0n) is 11.9. The molecule has 0 radical (unpaired) electrons. The van der Waals surface area contributed by atoms with Gasteiger partial charge < -0.3 is 4.84 Å². The van der Waals surface area contributed by atoms with Gasteiger partial charge in [0.1, 0.15) is 12.3 Å². The van der Waals surface area contributed by atoms with Gasteiger partial charge >= 0.3 is 17.2 Å². The number of carbonyl (C=O) groups is 1. The first-order valence-electron chi connectivity index (χ1n) is 6.23. The fourth-order valence-corrected chi connectivity index (χ4v) is 1.72. The molecule has 0 aliphatic rings. The van der Waals surface area contributed by atoms with Gasteiger partial charge in [0, 0.05) is 12.1 Å². The number of carbonyl (C=O) groups excluding carboxylic acids is 1. The van der Waals surface area contributed by atoms with Crippen molar-refractivity contribution in [3.05, 3.63) is 82.8 Å². The van der Waals surface area contributed by atoms with Crippen LogP contribution in [0.2, 0.25) is 0 Å². The monoisotopic (exact) mass is 350 g/mol. The SMILES string of the molecule is O=C(On1cc([N+](=O)[O-])cc([N+](=O)[O-])c1=O)c1cccc([N+](=O)[O-])c1. The Morgan fingerprint density at radius 2 is 1.60 bits per heavy atom. The van der Waals surface area contributed by atoms with Crippen molar-refractivity contribution in [2.75, 3.05) is 0 Å². The van der Waals surface area contributed by atoms with Gasteiger partial charge in [0.05, 0.1) is 20.3 Å². The first-order valence-corrected chi connectivity index (χ1v) is 6.23. The Bertz CT molecular complexity index is 965. The van der Waals surface area contributed by atoms with E-state index >= 15 is 0 Å². The lowest BCUT2D eigenvalue weighted by Gasteiger charge is -2.06. The molecule has 0 spiro atoms. The molecule has 0 saturated heterocycles. The van der Waals surface area contributed by atoms with E-state index in [1.54, 1.807) is 0 Å². The summed E-state index contributed by atoms with van der Waals surface area (Å²) in [5.41, 5.74) is -4.24. The number of nitro benzene ring substituents is 1. The second-order valence-electron chi connectivity index (χ2n) is 4.41. The summed E-state index contributed by atoms with van der Waals surface area (Å²) in [5.74, 6) is -1.28. The number of pyridine rings is 1. The summed E-state index contributed by atoms with van der Waals surface area (Å²) >= 11 is 0. The maximum absolute atomic E-state index is 12.0. The topological polar surface area (TPSA) is 178 Å². The van der Waals surface area contributed by atoms with Crippen molar-refractivity contribution in [1.82, 2.24) is 4.73 Å². The average Bonchev–Trinajstić information content (AvgIpc) is 2.56. The molecule has 0 unspecified atom stereocenters. The lowest BCUT2D eigenvalue weighted by molar-refractivity contribution is -0.396. The number of hydrogen-bond donors (Lipinski definition) is 0. The fourth-order valence-electron chi connectivity index (χ4n) is 1.72. The summed E-state index contributed by atoms with van der Waals surface area (Å²) in [6.45, 7) is 0. The highest BCUT2D eigenvalue weighted by atomic mass is 16.7. The molecule has 0 fully saturated rings. The van der Waals surface area contributed by atoms with E-state index < -0.39 is 43.4 Å². The van der Waals surface area contributed by atoms with Gasteiger partial charge in [-0.15, -0.1) is 4.73 Å². The minimum absolute atomic E-state index is 0.0252. The summed E-state index contributed by atoms with van der Waals surface area (Å²) in [7, 11) is 0. The molecule has 0 saturated carbocycles. The molecule has 1 heterocycles. The first kappa shape index (κ1) is 17.2. The molecule has 25 heavy (non-hydrogen) atoms. The standard InChI is InChI=1S/C12H6N4O9/c17-11-10(16(23)24)5-9(15(21)22)6-13(11)25-12(18)7-2-1-3-8(4-7)14(19)20/h1-6H. The molecule has 0 bridgehead atoms. The summed E-state index contributed by atoms with van der Waals surface area (Å²) < 4.78 is 0.0252. The Morgan fingerprint density at radius 1 is 0.960 bits per heavy atom. The Morgan fingerprint density at radius 3 is 2.16 bits per heavy atom. The van der Waals surface area contributed by atoms with Crippen molar-refractivity contribution in [2.24, 2.45) is 0 Å². The largest absolute Gasteiger partial charge is 0.364 e. The predicted molar refractivity (Wildman–Crippen MR) is 78.0 cm³/mol. The van der Waals surface area contributed by atoms with E-state index in [0.29, 0.717) is 12.3 Å². The molecule has 0 N–H and O–H groups in total. The summed E-state index contributed by atoms with van der Waals surface area (Å²) in [6.07, 6.45) is 0.477. The second kappa shape index (κ2) is 6.53. The second-order valence-corrected chi connectivity index (χ2v) is 4.41. The van der Waals surface area contributed by atoms with Crippen LogP contribution in [0.3, 0.4) is 0 Å². The molecule has 0 amide bonds. The number of hydrogen-bond acceptors (Lipinski definition) is 9. The molecule has 13 heteroatoms. The minimum atomic E-state index is -1.42. The van der Waals surface area contributed by atoms with Gasteiger partial charge in [-0.25, -0.2) is 4.79 Å². The number of aromatic nitrogens is 1. The van der Waals surface area contributed by atoms with Crippen LogP contribution in [0.25, 0.3) is 0 Å². The van der Waals surface area contributed by atoms with E-state index in [0.717, 1.165) is 18.2 Å². The predicted octanol–water partition coefficient (Wildman–Crippen LogP) is 0.842. The highest BCUT2D eigenvalue weighted by Gasteiger charge is 2.24. The third-order valence-electron chi connectivity index (χ3n) is 2.83. The average molecular weight is 350 g/mol. The van der Waals surface area contributed by atoms with Crippen LogP contribution >= 0.6 is 0 Å². The van der Waals surface area contributed by atoms with E-state index in [4.69, 9.17) is 0 Å². The van der Waals surface area contributed by atoms with Crippen molar-refractivity contribution < 1.29 is 24.4 Å². The van der Waals surface area contributed by atoms with Crippen molar-refractivity contribution >= 4 is 23.0 Å². The van der Waals surface area contributed by atoms with Gasteiger partial charge in [-0.2, -0.15) is 0 Å². The summed E-state index contributed by atoms with van der Waals surface area (Å²) in [5, 5.41) is 32.2. The zero-order valence-corrected chi connectivity index (χ0v) is 11.9. The van der Waals surface area contributed by atoms with Crippen LogP contribution in [-0.2, 0) is 0 Å². The van der Waals surface area contributed by atoms with Gasteiger partial charge in [0.15, 0.2) is 0 Å². The van der Waals surface area contributed by atoms with Crippen molar-refractivity contribution in [3.63, 3.8) is 0 Å². The lowest BCUT2D eigenvalue weighted by Crippen LogP contribution is -2.31. The Labute approximate surface area is 136 Å². The van der Waals surface area contributed by atoms with Crippen LogP contribution in [0.1, 0.15) is 10.4 Å². The Kier molecular flexibility index (Phi) is 4.49. The Balaban J connectivity index is 2.46. The zero-order chi connectivity index (χ0) is 18.7. The van der Waals surface area contributed by atoms with Crippen LogP contribution < -0.4 is 10.4 Å². The molecular formula is C12H6N4O9. The van der Waals surface area contributed by atoms with Gasteiger partial charge in [0.2, 0.25) is 0 Å². The van der Waals surface area contributed by atoms with Crippen LogP contribution in [-0.4, -0.2) is 25.5 Å². The van der Waals surface area contributed by atoms with Crippen LogP contribution in [0.5, 0.6) is 0 Å². The third kappa shape index (κ3) is 3.61. The van der Waals surface area contributed by atoms with Gasteiger partial charge in [0.25, 0.3) is 11.4 Å². The van der Waals surface area contributed by atoms with E-state index in [9.17, 15) is 39.9 Å². The molecule has 2 aromatic rings. The van der Waals surface area contributed by atoms with Crippen molar-refractivity contribution in [1.29, 1.82) is 0 Å². The first-order chi connectivity index (χ1) is 11.7. The highest BCUT2D eigenvalue weighted by molar-refractivity contribution is 5.90. The van der Waals surface area contributed by atoms with Gasteiger partial charge in [-0.1, -0.05) is 6.07 Å². The molecule has 128 valence electrons. The van der Waals surface area contributed by atoms with Crippen LogP contribution in [0.15, 0.2) is 41.3 Å². The molecule has 2 rings (SSSR count). The third-order valence-corrected chi connectivity index (χ3v) is 2.83. The molecule has 1 aromatic carbocycles. The maximum Gasteiger partial charge on any atom is 0.364 e. The van der Waals surface area contributed by atoms with E-state index in [2.05, 4.69) is 4.84 Å². The quantitative estimate of drug-likeness (QED) is 0.558. The van der Waals surface area contributed by atoms with Gasteiger partial charge in [-0.3, -0.25) is 35.1 Å².